The second kappa shape index (κ2) is 5.84. The van der Waals surface area contributed by atoms with E-state index < -0.39 is 5.97 Å². The van der Waals surface area contributed by atoms with Gasteiger partial charge < -0.3 is 15.4 Å². The second-order valence-corrected chi connectivity index (χ2v) is 4.17. The molecule has 1 aliphatic rings. The maximum absolute atomic E-state index is 12.0. The van der Waals surface area contributed by atoms with E-state index in [1.54, 1.807) is 0 Å². The first kappa shape index (κ1) is 13.0. The summed E-state index contributed by atoms with van der Waals surface area (Å²) in [4.78, 5) is 23.0. The molecule has 1 amide bonds. The molecule has 2 N–H and O–H groups in total. The van der Waals surface area contributed by atoms with Crippen LogP contribution in [0, 0.1) is 5.41 Å². The van der Waals surface area contributed by atoms with Gasteiger partial charge in [-0.05, 0) is 25.8 Å². The Labute approximate surface area is 95.9 Å². The maximum Gasteiger partial charge on any atom is 0.325 e. The first-order chi connectivity index (χ1) is 7.64. The minimum atomic E-state index is -0.414. The van der Waals surface area contributed by atoms with Crippen LogP contribution in [0.15, 0.2) is 0 Å². The standard InChI is InChI=1S/C11H20N2O3/c1-3-11(5-4-6-12-8-11)10(15)13-7-9(14)16-2/h12H,3-8H2,1-2H3,(H,13,15). The van der Waals surface area contributed by atoms with Crippen LogP contribution in [-0.2, 0) is 14.3 Å². The average Bonchev–Trinajstić information content (AvgIpc) is 2.36. The molecule has 0 aromatic heterocycles. The van der Waals surface area contributed by atoms with Gasteiger partial charge in [0.2, 0.25) is 5.91 Å². The third kappa shape index (κ3) is 2.95. The van der Waals surface area contributed by atoms with E-state index in [1.807, 2.05) is 6.92 Å². The van der Waals surface area contributed by atoms with Crippen LogP contribution in [0.5, 0.6) is 0 Å². The SMILES string of the molecule is CCC1(C(=O)NCC(=O)OC)CCCNC1. The number of hydrogen-bond donors (Lipinski definition) is 2. The number of hydrogen-bond acceptors (Lipinski definition) is 4. The van der Waals surface area contributed by atoms with Crippen LogP contribution in [0.25, 0.3) is 0 Å². The van der Waals surface area contributed by atoms with Gasteiger partial charge in [-0.2, -0.15) is 0 Å². The molecule has 0 aromatic rings. The van der Waals surface area contributed by atoms with Gasteiger partial charge in [-0.3, -0.25) is 9.59 Å². The van der Waals surface area contributed by atoms with E-state index in [9.17, 15) is 9.59 Å². The summed E-state index contributed by atoms with van der Waals surface area (Å²) in [5.41, 5.74) is -0.355. The first-order valence-electron chi connectivity index (χ1n) is 5.70. The summed E-state index contributed by atoms with van der Waals surface area (Å²) in [7, 11) is 1.31. The molecule has 0 bridgehead atoms. The number of ether oxygens (including phenoxy) is 1. The Kier molecular flexibility index (Phi) is 4.73. The van der Waals surface area contributed by atoms with Gasteiger partial charge >= 0.3 is 5.97 Å². The molecular weight excluding hydrogens is 208 g/mol. The molecule has 0 aromatic carbocycles. The zero-order valence-corrected chi connectivity index (χ0v) is 9.97. The van der Waals surface area contributed by atoms with Crippen LogP contribution in [-0.4, -0.2) is 38.6 Å². The Morgan fingerprint density at radius 2 is 2.25 bits per heavy atom. The molecule has 92 valence electrons. The van der Waals surface area contributed by atoms with E-state index in [0.717, 1.165) is 25.8 Å². The van der Waals surface area contributed by atoms with Crippen molar-refractivity contribution in [3.8, 4) is 0 Å². The van der Waals surface area contributed by atoms with Gasteiger partial charge in [0, 0.05) is 6.54 Å². The van der Waals surface area contributed by atoms with E-state index >= 15 is 0 Å². The zero-order valence-electron chi connectivity index (χ0n) is 9.97. The Morgan fingerprint density at radius 1 is 1.50 bits per heavy atom. The molecule has 5 nitrogen and oxygen atoms in total. The Hall–Kier alpha value is -1.10. The summed E-state index contributed by atoms with van der Waals surface area (Å²) in [5.74, 6) is -0.462. The highest BCUT2D eigenvalue weighted by Gasteiger charge is 2.37. The Bertz CT molecular complexity index is 260. The van der Waals surface area contributed by atoms with E-state index in [1.165, 1.54) is 7.11 Å². The molecule has 1 atom stereocenters. The monoisotopic (exact) mass is 228 g/mol. The zero-order chi connectivity index (χ0) is 12.0. The van der Waals surface area contributed by atoms with Crippen LogP contribution in [0.3, 0.4) is 0 Å². The number of amides is 1. The van der Waals surface area contributed by atoms with Gasteiger partial charge in [-0.1, -0.05) is 6.92 Å². The number of piperidine rings is 1. The topological polar surface area (TPSA) is 67.4 Å². The van der Waals surface area contributed by atoms with Crippen molar-refractivity contribution in [2.24, 2.45) is 5.41 Å². The lowest BCUT2D eigenvalue weighted by atomic mass is 9.77. The minimum Gasteiger partial charge on any atom is -0.468 e. The van der Waals surface area contributed by atoms with Crippen molar-refractivity contribution in [1.82, 2.24) is 10.6 Å². The lowest BCUT2D eigenvalue weighted by Crippen LogP contribution is -2.51. The Morgan fingerprint density at radius 3 is 2.75 bits per heavy atom. The van der Waals surface area contributed by atoms with Gasteiger partial charge in [-0.25, -0.2) is 0 Å². The summed E-state index contributed by atoms with van der Waals surface area (Å²) in [6, 6.07) is 0. The summed E-state index contributed by atoms with van der Waals surface area (Å²) < 4.78 is 4.49. The summed E-state index contributed by atoms with van der Waals surface area (Å²) in [6.07, 6.45) is 2.66. The third-order valence-corrected chi connectivity index (χ3v) is 3.25. The van der Waals surface area contributed by atoms with Crippen molar-refractivity contribution in [2.75, 3.05) is 26.7 Å². The number of methoxy groups -OCH3 is 1. The lowest BCUT2D eigenvalue weighted by Gasteiger charge is -2.35. The van der Waals surface area contributed by atoms with Crippen molar-refractivity contribution in [3.63, 3.8) is 0 Å². The van der Waals surface area contributed by atoms with Crippen molar-refractivity contribution < 1.29 is 14.3 Å². The fourth-order valence-electron chi connectivity index (χ4n) is 2.04. The fraction of sp³-hybridized carbons (Fsp3) is 0.818. The average molecular weight is 228 g/mol. The van der Waals surface area contributed by atoms with Crippen molar-refractivity contribution in [3.05, 3.63) is 0 Å². The van der Waals surface area contributed by atoms with Crippen LogP contribution in [0.1, 0.15) is 26.2 Å². The van der Waals surface area contributed by atoms with E-state index in [2.05, 4.69) is 15.4 Å². The predicted molar refractivity (Wildman–Crippen MR) is 59.9 cm³/mol. The molecule has 1 unspecified atom stereocenters. The van der Waals surface area contributed by atoms with Crippen molar-refractivity contribution in [1.29, 1.82) is 0 Å². The predicted octanol–water partition coefficient (Wildman–Crippen LogP) is 0.0554. The quantitative estimate of drug-likeness (QED) is 0.667. The fourth-order valence-corrected chi connectivity index (χ4v) is 2.04. The smallest absolute Gasteiger partial charge is 0.325 e. The number of carbonyl (C=O) groups is 2. The number of esters is 1. The third-order valence-electron chi connectivity index (χ3n) is 3.25. The van der Waals surface area contributed by atoms with Gasteiger partial charge in [-0.15, -0.1) is 0 Å². The normalized spacial score (nSPS) is 24.9. The van der Waals surface area contributed by atoms with Crippen LogP contribution in [0.2, 0.25) is 0 Å². The summed E-state index contributed by atoms with van der Waals surface area (Å²) in [5, 5.41) is 5.87. The van der Waals surface area contributed by atoms with Gasteiger partial charge in [0.05, 0.1) is 12.5 Å². The molecule has 1 rings (SSSR count). The molecule has 1 heterocycles. The highest BCUT2D eigenvalue weighted by Crippen LogP contribution is 2.29. The molecule has 1 saturated heterocycles. The highest BCUT2D eigenvalue weighted by atomic mass is 16.5. The van der Waals surface area contributed by atoms with Crippen LogP contribution in [0.4, 0.5) is 0 Å². The highest BCUT2D eigenvalue weighted by molar-refractivity contribution is 5.86. The number of rotatable bonds is 4. The van der Waals surface area contributed by atoms with Gasteiger partial charge in [0.1, 0.15) is 6.54 Å². The molecule has 0 radical (unpaired) electrons. The van der Waals surface area contributed by atoms with Gasteiger partial charge in [0.15, 0.2) is 0 Å². The van der Waals surface area contributed by atoms with E-state index in [4.69, 9.17) is 0 Å². The number of nitrogens with one attached hydrogen (secondary N) is 2. The molecular formula is C11H20N2O3. The molecule has 0 aliphatic carbocycles. The Balaban J connectivity index is 2.51. The summed E-state index contributed by atoms with van der Waals surface area (Å²) >= 11 is 0. The molecule has 1 aliphatic heterocycles. The van der Waals surface area contributed by atoms with E-state index in [0.29, 0.717) is 6.54 Å². The maximum atomic E-state index is 12.0. The van der Waals surface area contributed by atoms with Crippen molar-refractivity contribution >= 4 is 11.9 Å². The molecule has 1 fully saturated rings. The van der Waals surface area contributed by atoms with E-state index in [-0.39, 0.29) is 17.9 Å². The number of carbonyl (C=O) groups excluding carboxylic acids is 2. The van der Waals surface area contributed by atoms with Gasteiger partial charge in [0.25, 0.3) is 0 Å². The molecule has 0 spiro atoms. The molecule has 5 heteroatoms. The summed E-state index contributed by atoms with van der Waals surface area (Å²) in [6.45, 7) is 3.62. The molecule has 0 saturated carbocycles. The van der Waals surface area contributed by atoms with Crippen LogP contribution >= 0.6 is 0 Å². The lowest BCUT2D eigenvalue weighted by molar-refractivity contribution is -0.143. The first-order valence-corrected chi connectivity index (χ1v) is 5.70. The van der Waals surface area contributed by atoms with Crippen LogP contribution < -0.4 is 10.6 Å². The molecule has 16 heavy (non-hydrogen) atoms. The van der Waals surface area contributed by atoms with Crippen molar-refractivity contribution in [2.45, 2.75) is 26.2 Å². The second-order valence-electron chi connectivity index (χ2n) is 4.17. The largest absolute Gasteiger partial charge is 0.468 e. The minimum absolute atomic E-state index is 0.0446.